The number of amides is 1. The standard InChI is InChI=1S/C14H18N2O2/c17-14-13(11-4-2-1-3-5-11)15-10-16(14)12-6-8-18-9-7-12/h1-5,12-13,15H,6-10H2. The average Bonchev–Trinajstić information content (AvgIpc) is 2.83. The third-order valence-corrected chi connectivity index (χ3v) is 3.76. The Morgan fingerprint density at radius 1 is 1.17 bits per heavy atom. The molecule has 2 fully saturated rings. The summed E-state index contributed by atoms with van der Waals surface area (Å²) in [6.45, 7) is 2.19. The highest BCUT2D eigenvalue weighted by Crippen LogP contribution is 2.25. The second kappa shape index (κ2) is 5.08. The van der Waals surface area contributed by atoms with Gasteiger partial charge in [0.05, 0.1) is 6.67 Å². The molecule has 2 aliphatic heterocycles. The summed E-state index contributed by atoms with van der Waals surface area (Å²) >= 11 is 0. The molecule has 2 heterocycles. The van der Waals surface area contributed by atoms with Crippen LogP contribution >= 0.6 is 0 Å². The Bertz CT molecular complexity index is 415. The summed E-state index contributed by atoms with van der Waals surface area (Å²) < 4.78 is 5.35. The van der Waals surface area contributed by atoms with Crippen molar-refractivity contribution in [3.05, 3.63) is 35.9 Å². The smallest absolute Gasteiger partial charge is 0.245 e. The van der Waals surface area contributed by atoms with Crippen LogP contribution in [0.5, 0.6) is 0 Å². The van der Waals surface area contributed by atoms with Crippen molar-refractivity contribution in [2.75, 3.05) is 19.9 Å². The van der Waals surface area contributed by atoms with Crippen molar-refractivity contribution in [3.63, 3.8) is 0 Å². The number of nitrogens with zero attached hydrogens (tertiary/aromatic N) is 1. The van der Waals surface area contributed by atoms with Crippen molar-refractivity contribution in [1.29, 1.82) is 0 Å². The van der Waals surface area contributed by atoms with Gasteiger partial charge >= 0.3 is 0 Å². The first-order valence-electron chi connectivity index (χ1n) is 6.53. The molecule has 0 spiro atoms. The number of carbonyl (C=O) groups is 1. The summed E-state index contributed by atoms with van der Waals surface area (Å²) in [4.78, 5) is 14.4. The molecule has 3 rings (SSSR count). The average molecular weight is 246 g/mol. The fourth-order valence-electron chi connectivity index (χ4n) is 2.73. The van der Waals surface area contributed by atoms with Crippen molar-refractivity contribution in [1.82, 2.24) is 10.2 Å². The van der Waals surface area contributed by atoms with Crippen LogP contribution in [0, 0.1) is 0 Å². The van der Waals surface area contributed by atoms with Crippen LogP contribution in [0.3, 0.4) is 0 Å². The van der Waals surface area contributed by atoms with Gasteiger partial charge in [-0.2, -0.15) is 0 Å². The van der Waals surface area contributed by atoms with E-state index in [2.05, 4.69) is 5.32 Å². The number of benzene rings is 1. The molecule has 0 aliphatic carbocycles. The van der Waals surface area contributed by atoms with Gasteiger partial charge in [-0.15, -0.1) is 0 Å². The van der Waals surface area contributed by atoms with Gasteiger partial charge in [0.15, 0.2) is 0 Å². The van der Waals surface area contributed by atoms with Gasteiger partial charge in [0.25, 0.3) is 0 Å². The molecular weight excluding hydrogens is 228 g/mol. The maximum atomic E-state index is 12.4. The van der Waals surface area contributed by atoms with Crippen LogP contribution in [0.4, 0.5) is 0 Å². The summed E-state index contributed by atoms with van der Waals surface area (Å²) in [5, 5.41) is 3.31. The van der Waals surface area contributed by atoms with E-state index in [0.717, 1.165) is 31.6 Å². The monoisotopic (exact) mass is 246 g/mol. The molecule has 4 nitrogen and oxygen atoms in total. The van der Waals surface area contributed by atoms with Crippen LogP contribution in [0.15, 0.2) is 30.3 Å². The molecule has 1 N–H and O–H groups in total. The van der Waals surface area contributed by atoms with Crippen LogP contribution in [0.1, 0.15) is 24.4 Å². The fourth-order valence-corrected chi connectivity index (χ4v) is 2.73. The minimum atomic E-state index is -0.172. The van der Waals surface area contributed by atoms with Crippen molar-refractivity contribution >= 4 is 5.91 Å². The molecule has 96 valence electrons. The SMILES string of the molecule is O=C1C(c2ccccc2)NCN1C1CCOCC1. The molecule has 1 atom stereocenters. The normalized spacial score (nSPS) is 25.7. The zero-order valence-electron chi connectivity index (χ0n) is 10.3. The molecule has 1 amide bonds. The lowest BCUT2D eigenvalue weighted by atomic mass is 10.0. The Morgan fingerprint density at radius 2 is 1.89 bits per heavy atom. The first kappa shape index (κ1) is 11.7. The molecule has 0 bridgehead atoms. The summed E-state index contributed by atoms with van der Waals surface area (Å²) in [5.41, 5.74) is 1.05. The molecule has 1 aromatic rings. The highest BCUT2D eigenvalue weighted by Gasteiger charge is 2.36. The van der Waals surface area contributed by atoms with E-state index >= 15 is 0 Å². The van der Waals surface area contributed by atoms with Gasteiger partial charge < -0.3 is 9.64 Å². The number of carbonyl (C=O) groups excluding carboxylic acids is 1. The number of hydrogen-bond donors (Lipinski definition) is 1. The van der Waals surface area contributed by atoms with E-state index in [1.807, 2.05) is 35.2 Å². The lowest BCUT2D eigenvalue weighted by Gasteiger charge is -2.30. The van der Waals surface area contributed by atoms with Crippen LogP contribution in [-0.2, 0) is 9.53 Å². The molecule has 1 aromatic carbocycles. The summed E-state index contributed by atoms with van der Waals surface area (Å²) in [5.74, 6) is 0.202. The molecule has 2 saturated heterocycles. The zero-order valence-corrected chi connectivity index (χ0v) is 10.3. The van der Waals surface area contributed by atoms with Crippen LogP contribution in [0.2, 0.25) is 0 Å². The second-order valence-electron chi connectivity index (χ2n) is 4.86. The van der Waals surface area contributed by atoms with E-state index in [1.165, 1.54) is 0 Å². The Kier molecular flexibility index (Phi) is 3.30. The molecule has 4 heteroatoms. The van der Waals surface area contributed by atoms with Gasteiger partial charge in [0, 0.05) is 19.3 Å². The number of rotatable bonds is 2. The van der Waals surface area contributed by atoms with E-state index in [0.29, 0.717) is 12.7 Å². The van der Waals surface area contributed by atoms with E-state index in [1.54, 1.807) is 0 Å². The van der Waals surface area contributed by atoms with Crippen LogP contribution in [-0.4, -0.2) is 36.7 Å². The Labute approximate surface area is 107 Å². The minimum absolute atomic E-state index is 0.172. The quantitative estimate of drug-likeness (QED) is 0.855. The van der Waals surface area contributed by atoms with Gasteiger partial charge in [-0.25, -0.2) is 0 Å². The van der Waals surface area contributed by atoms with Crippen molar-refractivity contribution < 1.29 is 9.53 Å². The van der Waals surface area contributed by atoms with Gasteiger partial charge in [-0.3, -0.25) is 10.1 Å². The molecule has 0 saturated carbocycles. The first-order chi connectivity index (χ1) is 8.86. The maximum Gasteiger partial charge on any atom is 0.245 e. The Morgan fingerprint density at radius 3 is 2.61 bits per heavy atom. The summed E-state index contributed by atoms with van der Waals surface area (Å²) in [6.07, 6.45) is 1.91. The van der Waals surface area contributed by atoms with Crippen molar-refractivity contribution in [3.8, 4) is 0 Å². The van der Waals surface area contributed by atoms with Gasteiger partial charge in [-0.05, 0) is 18.4 Å². The predicted molar refractivity (Wildman–Crippen MR) is 67.9 cm³/mol. The largest absolute Gasteiger partial charge is 0.381 e. The second-order valence-corrected chi connectivity index (χ2v) is 4.86. The Balaban J connectivity index is 1.72. The molecule has 18 heavy (non-hydrogen) atoms. The van der Waals surface area contributed by atoms with E-state index < -0.39 is 0 Å². The van der Waals surface area contributed by atoms with Gasteiger partial charge in [0.1, 0.15) is 6.04 Å². The molecule has 2 aliphatic rings. The van der Waals surface area contributed by atoms with Crippen molar-refractivity contribution in [2.45, 2.75) is 24.9 Å². The third-order valence-electron chi connectivity index (χ3n) is 3.76. The van der Waals surface area contributed by atoms with E-state index in [9.17, 15) is 4.79 Å². The highest BCUT2D eigenvalue weighted by molar-refractivity contribution is 5.85. The Hall–Kier alpha value is -1.39. The van der Waals surface area contributed by atoms with Gasteiger partial charge in [-0.1, -0.05) is 30.3 Å². The van der Waals surface area contributed by atoms with Crippen molar-refractivity contribution in [2.24, 2.45) is 0 Å². The molecule has 0 aromatic heterocycles. The number of hydrogen-bond acceptors (Lipinski definition) is 3. The third kappa shape index (κ3) is 2.13. The topological polar surface area (TPSA) is 41.6 Å². The zero-order chi connectivity index (χ0) is 12.4. The lowest BCUT2D eigenvalue weighted by Crippen LogP contribution is -2.41. The first-order valence-corrected chi connectivity index (χ1v) is 6.53. The predicted octanol–water partition coefficient (Wildman–Crippen LogP) is 1.30. The minimum Gasteiger partial charge on any atom is -0.381 e. The molecule has 1 unspecified atom stereocenters. The summed E-state index contributed by atoms with van der Waals surface area (Å²) in [6, 6.07) is 10.1. The van der Waals surface area contributed by atoms with Crippen LogP contribution in [0.25, 0.3) is 0 Å². The number of nitrogens with one attached hydrogen (secondary N) is 1. The molecule has 0 radical (unpaired) electrons. The summed E-state index contributed by atoms with van der Waals surface area (Å²) in [7, 11) is 0. The number of ether oxygens (including phenoxy) is 1. The van der Waals surface area contributed by atoms with Gasteiger partial charge in [0.2, 0.25) is 5.91 Å². The van der Waals surface area contributed by atoms with E-state index in [4.69, 9.17) is 4.74 Å². The molecular formula is C14H18N2O2. The lowest BCUT2D eigenvalue weighted by molar-refractivity contribution is -0.132. The van der Waals surface area contributed by atoms with Crippen LogP contribution < -0.4 is 5.32 Å². The van der Waals surface area contributed by atoms with E-state index in [-0.39, 0.29) is 11.9 Å². The fraction of sp³-hybridized carbons (Fsp3) is 0.500. The maximum absolute atomic E-state index is 12.4. The highest BCUT2D eigenvalue weighted by atomic mass is 16.5.